The average Bonchev–Trinajstić information content (AvgIpc) is 3.04. The highest BCUT2D eigenvalue weighted by atomic mass is 19.4. The third-order valence-electron chi connectivity index (χ3n) is 4.68. The SMILES string of the molecule is CCc1nc(CC)n(-c2ccc(CC(C)(C)C(F)(F)F)cc2OC(F)(F)F)c1C#N.O=C=O. The first-order valence-electron chi connectivity index (χ1n) is 9.61. The summed E-state index contributed by atoms with van der Waals surface area (Å²) >= 11 is 0. The molecule has 2 rings (SSSR count). The maximum absolute atomic E-state index is 13.2. The Morgan fingerprint density at radius 1 is 1.06 bits per heavy atom. The summed E-state index contributed by atoms with van der Waals surface area (Å²) in [7, 11) is 0. The molecule has 180 valence electrons. The minimum atomic E-state index is -5.07. The van der Waals surface area contributed by atoms with Gasteiger partial charge in [-0.1, -0.05) is 33.8 Å². The molecule has 0 aliphatic rings. The number of rotatable bonds is 6. The lowest BCUT2D eigenvalue weighted by Gasteiger charge is -2.28. The first kappa shape index (κ1) is 27.7. The Morgan fingerprint density at radius 2 is 1.64 bits per heavy atom. The molecule has 1 heterocycles. The van der Waals surface area contributed by atoms with Crippen molar-refractivity contribution in [2.75, 3.05) is 0 Å². The number of nitriles is 1. The van der Waals surface area contributed by atoms with Crippen LogP contribution in [0.25, 0.3) is 5.69 Å². The van der Waals surface area contributed by atoms with E-state index in [4.69, 9.17) is 9.59 Å². The Balaban J connectivity index is 0.00000172. The summed E-state index contributed by atoms with van der Waals surface area (Å²) in [6.07, 6.45) is -9.19. The molecule has 1 aromatic carbocycles. The van der Waals surface area contributed by atoms with Crippen LogP contribution in [0.4, 0.5) is 26.3 Å². The molecule has 33 heavy (non-hydrogen) atoms. The van der Waals surface area contributed by atoms with Crippen LogP contribution < -0.4 is 4.74 Å². The van der Waals surface area contributed by atoms with Crippen LogP contribution in [-0.4, -0.2) is 28.2 Å². The Labute approximate surface area is 185 Å². The first-order valence-corrected chi connectivity index (χ1v) is 9.61. The fraction of sp³-hybridized carbons (Fsp3) is 0.476. The van der Waals surface area contributed by atoms with Crippen LogP contribution in [0, 0.1) is 16.7 Å². The summed E-state index contributed by atoms with van der Waals surface area (Å²) in [6, 6.07) is 5.41. The van der Waals surface area contributed by atoms with Crippen LogP contribution in [0.2, 0.25) is 0 Å². The topological polar surface area (TPSA) is 85.0 Å². The third-order valence-corrected chi connectivity index (χ3v) is 4.68. The number of hydrogen-bond acceptors (Lipinski definition) is 5. The summed E-state index contributed by atoms with van der Waals surface area (Å²) in [6.45, 7) is 5.42. The molecule has 0 aliphatic heterocycles. The third kappa shape index (κ3) is 6.83. The molecule has 0 saturated heterocycles. The van der Waals surface area contributed by atoms with Crippen molar-refractivity contribution in [3.63, 3.8) is 0 Å². The number of halogens is 6. The highest BCUT2D eigenvalue weighted by molar-refractivity contribution is 5.53. The van der Waals surface area contributed by atoms with Crippen molar-refractivity contribution in [3.8, 4) is 17.5 Å². The van der Waals surface area contributed by atoms with Crippen LogP contribution in [-0.2, 0) is 28.9 Å². The number of hydrogen-bond donors (Lipinski definition) is 0. The van der Waals surface area contributed by atoms with Gasteiger partial charge < -0.3 is 4.74 Å². The van der Waals surface area contributed by atoms with Crippen molar-refractivity contribution in [2.45, 2.75) is 59.5 Å². The summed E-state index contributed by atoms with van der Waals surface area (Å²) in [5, 5.41) is 9.52. The van der Waals surface area contributed by atoms with Gasteiger partial charge in [-0.2, -0.15) is 28.0 Å². The number of benzene rings is 1. The Bertz CT molecular complexity index is 1040. The number of aryl methyl sites for hydroxylation is 2. The van der Waals surface area contributed by atoms with Crippen molar-refractivity contribution in [3.05, 3.63) is 41.0 Å². The number of nitrogens with zero attached hydrogens (tertiary/aromatic N) is 3. The first-order chi connectivity index (χ1) is 15.2. The number of carbonyl (C=O) groups excluding carboxylic acids is 2. The lowest BCUT2D eigenvalue weighted by Crippen LogP contribution is -2.34. The quantitative estimate of drug-likeness (QED) is 0.526. The minimum Gasteiger partial charge on any atom is -0.404 e. The van der Waals surface area contributed by atoms with Gasteiger partial charge >= 0.3 is 18.7 Å². The number of alkyl halides is 6. The van der Waals surface area contributed by atoms with Crippen LogP contribution in [0.5, 0.6) is 5.75 Å². The normalized spacial score (nSPS) is 11.8. The number of imidazole rings is 1. The molecule has 2 aromatic rings. The highest BCUT2D eigenvalue weighted by Gasteiger charge is 2.47. The minimum absolute atomic E-state index is 0.0210. The maximum Gasteiger partial charge on any atom is 0.573 e. The molecule has 0 aliphatic carbocycles. The molecular weight excluding hydrogens is 456 g/mol. The predicted molar refractivity (Wildman–Crippen MR) is 102 cm³/mol. The predicted octanol–water partition coefficient (Wildman–Crippen LogP) is 5.31. The maximum atomic E-state index is 13.2. The van der Waals surface area contributed by atoms with Crippen LogP contribution >= 0.6 is 0 Å². The van der Waals surface area contributed by atoms with Crippen molar-refractivity contribution < 1.29 is 40.7 Å². The molecule has 0 unspecified atom stereocenters. The molecule has 0 bridgehead atoms. The van der Waals surface area contributed by atoms with Gasteiger partial charge in [0.05, 0.1) is 16.8 Å². The van der Waals surface area contributed by atoms with E-state index in [1.807, 2.05) is 6.07 Å². The van der Waals surface area contributed by atoms with E-state index in [-0.39, 0.29) is 23.1 Å². The molecule has 6 nitrogen and oxygen atoms in total. The summed E-state index contributed by atoms with van der Waals surface area (Å²) in [4.78, 5) is 20.6. The second kappa shape index (κ2) is 10.5. The summed E-state index contributed by atoms with van der Waals surface area (Å²) < 4.78 is 84.2. The van der Waals surface area contributed by atoms with E-state index in [1.54, 1.807) is 13.8 Å². The van der Waals surface area contributed by atoms with Crippen molar-refractivity contribution in [1.29, 1.82) is 5.26 Å². The van der Waals surface area contributed by atoms with Gasteiger partial charge in [0.15, 0.2) is 5.75 Å². The monoisotopic (exact) mass is 477 g/mol. The van der Waals surface area contributed by atoms with Crippen LogP contribution in [0.1, 0.15) is 50.5 Å². The van der Waals surface area contributed by atoms with E-state index in [1.165, 1.54) is 16.7 Å². The van der Waals surface area contributed by atoms with Gasteiger partial charge in [-0.25, -0.2) is 4.98 Å². The van der Waals surface area contributed by atoms with Crippen molar-refractivity contribution in [2.24, 2.45) is 5.41 Å². The zero-order chi connectivity index (χ0) is 25.6. The van der Waals surface area contributed by atoms with E-state index in [2.05, 4.69) is 9.72 Å². The molecule has 0 atom stereocenters. The second-order valence-electron chi connectivity index (χ2n) is 7.47. The highest BCUT2D eigenvalue weighted by Crippen LogP contribution is 2.41. The molecule has 0 amide bonds. The zero-order valence-electron chi connectivity index (χ0n) is 18.2. The fourth-order valence-corrected chi connectivity index (χ4v) is 3.04. The second-order valence-corrected chi connectivity index (χ2v) is 7.47. The number of aromatic nitrogens is 2. The van der Waals surface area contributed by atoms with Gasteiger partial charge in [0, 0.05) is 6.42 Å². The molecule has 0 N–H and O–H groups in total. The average molecular weight is 477 g/mol. The lowest BCUT2D eigenvalue weighted by molar-refractivity contribution is -0.274. The van der Waals surface area contributed by atoms with E-state index < -0.39 is 30.1 Å². The standard InChI is InChI=1S/C20H21F6N3O.CO2/c1-5-13-15(11-27)29(17(6-2)28-13)14-8-7-12(9-16(14)30-20(24,25)26)10-18(3,4)19(21,22)23;2-1-3/h7-9H,5-6,10H2,1-4H3;. The molecule has 0 fully saturated rings. The van der Waals surface area contributed by atoms with Crippen molar-refractivity contribution >= 4 is 6.15 Å². The fourth-order valence-electron chi connectivity index (χ4n) is 3.04. The summed E-state index contributed by atoms with van der Waals surface area (Å²) in [5.41, 5.74) is -1.77. The van der Waals surface area contributed by atoms with Crippen LogP contribution in [0.15, 0.2) is 18.2 Å². The Hall–Kier alpha value is -3.32. The van der Waals surface area contributed by atoms with Gasteiger partial charge in [-0.15, -0.1) is 13.2 Å². The number of ether oxygens (including phenoxy) is 1. The van der Waals surface area contributed by atoms with Gasteiger partial charge in [0.2, 0.25) is 0 Å². The van der Waals surface area contributed by atoms with Gasteiger partial charge in [0.1, 0.15) is 17.6 Å². The Kier molecular flexibility index (Phi) is 8.84. The van der Waals surface area contributed by atoms with E-state index in [0.29, 0.717) is 24.4 Å². The van der Waals surface area contributed by atoms with Crippen LogP contribution in [0.3, 0.4) is 0 Å². The zero-order valence-corrected chi connectivity index (χ0v) is 18.2. The van der Waals surface area contributed by atoms with Gasteiger partial charge in [-0.3, -0.25) is 4.57 Å². The Morgan fingerprint density at radius 3 is 2.06 bits per heavy atom. The van der Waals surface area contributed by atoms with Gasteiger partial charge in [-0.05, 0) is 30.5 Å². The lowest BCUT2D eigenvalue weighted by atomic mass is 9.85. The summed E-state index contributed by atoms with van der Waals surface area (Å²) in [5.74, 6) is -0.344. The van der Waals surface area contributed by atoms with E-state index >= 15 is 0 Å². The van der Waals surface area contributed by atoms with Gasteiger partial charge in [0.25, 0.3) is 0 Å². The molecule has 0 saturated carbocycles. The largest absolute Gasteiger partial charge is 0.573 e. The molecule has 12 heteroatoms. The van der Waals surface area contributed by atoms with E-state index in [0.717, 1.165) is 19.9 Å². The molecule has 1 aromatic heterocycles. The molecular formula is C21H21F6N3O3. The van der Waals surface area contributed by atoms with Crippen molar-refractivity contribution in [1.82, 2.24) is 9.55 Å². The van der Waals surface area contributed by atoms with E-state index in [9.17, 15) is 31.6 Å². The molecule has 0 spiro atoms. The molecule has 0 radical (unpaired) electrons. The smallest absolute Gasteiger partial charge is 0.404 e.